The molecule has 3 rings (SSSR count). The maximum absolute atomic E-state index is 12.7. The molecule has 167 valence electrons. The molecule has 0 aliphatic heterocycles. The Morgan fingerprint density at radius 1 is 1.23 bits per heavy atom. The molecule has 2 aromatic rings. The maximum Gasteiger partial charge on any atom is 0.142 e. The number of halogens is 1. The predicted molar refractivity (Wildman–Crippen MR) is 130 cm³/mol. The van der Waals surface area contributed by atoms with E-state index in [4.69, 9.17) is 0 Å². The van der Waals surface area contributed by atoms with Crippen molar-refractivity contribution in [2.75, 3.05) is 0 Å². The maximum atomic E-state index is 12.7. The predicted octanol–water partition coefficient (Wildman–Crippen LogP) is 6.83. The van der Waals surface area contributed by atoms with Crippen LogP contribution in [0.5, 0.6) is 0 Å². The van der Waals surface area contributed by atoms with Crippen molar-refractivity contribution in [2.24, 2.45) is 5.92 Å². The summed E-state index contributed by atoms with van der Waals surface area (Å²) < 4.78 is 0. The summed E-state index contributed by atoms with van der Waals surface area (Å²) in [5.74, 6) is 0.883. The van der Waals surface area contributed by atoms with Crippen LogP contribution in [-0.4, -0.2) is 21.8 Å². The normalized spacial score (nSPS) is 23.5. The van der Waals surface area contributed by atoms with Crippen LogP contribution in [0.15, 0.2) is 36.4 Å². The molecule has 2 unspecified atom stereocenters. The first-order chi connectivity index (χ1) is 14.3. The molecular weight excluding hydrogens is 545 g/mol. The Labute approximate surface area is 225 Å². The summed E-state index contributed by atoms with van der Waals surface area (Å²) in [5, 5.41) is 14.0. The van der Waals surface area contributed by atoms with Gasteiger partial charge in [0.2, 0.25) is 0 Å². The van der Waals surface area contributed by atoms with E-state index in [-0.39, 0.29) is 44.7 Å². The molecule has 5 heteroatoms. The second-order valence-corrected chi connectivity index (χ2v) is 11.3. The van der Waals surface area contributed by atoms with E-state index in [1.807, 2.05) is 19.9 Å². The number of aryl methyl sites for hydroxylation is 1. The monoisotopic (exact) mass is 578 g/mol. The second-order valence-electron chi connectivity index (χ2n) is 9.19. The number of Topliss-reactive ketones (excluding diaryl/α,β-unsaturated/α-hetero) is 1. The van der Waals surface area contributed by atoms with E-state index in [9.17, 15) is 9.90 Å². The van der Waals surface area contributed by atoms with Gasteiger partial charge in [0.15, 0.2) is 0 Å². The largest absolute Gasteiger partial charge is 0.392 e. The Balaban J connectivity index is 0.00000341. The minimum atomic E-state index is -0.461. The smallest absolute Gasteiger partial charge is 0.142 e. The summed E-state index contributed by atoms with van der Waals surface area (Å²) in [5.41, 5.74) is 1.80. The van der Waals surface area contributed by atoms with Crippen molar-refractivity contribution < 1.29 is 42.6 Å². The van der Waals surface area contributed by atoms with Gasteiger partial charge in [0, 0.05) is 55.3 Å². The number of benzene rings is 1. The molecule has 0 amide bonds. The molecule has 1 aromatic carbocycles. The Bertz CT molecular complexity index is 803. The number of carbonyl (C=O) groups excluding carboxylic acids is 1. The van der Waals surface area contributed by atoms with Gasteiger partial charge < -0.3 is 16.4 Å². The fourth-order valence-electron chi connectivity index (χ4n) is 4.74. The van der Waals surface area contributed by atoms with Gasteiger partial charge >= 0.3 is 0 Å². The van der Waals surface area contributed by atoms with Gasteiger partial charge in [0.1, 0.15) is 5.78 Å². The van der Waals surface area contributed by atoms with Crippen molar-refractivity contribution in [3.8, 4) is 0 Å². The summed E-state index contributed by atoms with van der Waals surface area (Å²) in [6.45, 7) is 6.18. The molecule has 0 bridgehead atoms. The topological polar surface area (TPSA) is 37.3 Å². The van der Waals surface area contributed by atoms with E-state index in [1.54, 1.807) is 11.3 Å². The minimum Gasteiger partial charge on any atom is -0.392 e. The molecule has 0 saturated heterocycles. The standard InChI is InChI=1S/C26H34BrO2S.Y/c1-4-5-11-24(29)26(2,3)19-14-12-18(13-15-19)25-21(22(27)17-23(25)28)10-6-8-20-9-7-16-30-20;/h7,9,12-15,21-23,25,28H,4-6,8,10-11,17H2,1-3H3;/q-1;/t21?,22-,23-,25?;/m1./s1. The van der Waals surface area contributed by atoms with Crippen LogP contribution in [0.1, 0.15) is 81.2 Å². The van der Waals surface area contributed by atoms with Crippen LogP contribution in [0.4, 0.5) is 0 Å². The number of alkyl halides is 1. The van der Waals surface area contributed by atoms with Gasteiger partial charge in [-0.1, -0.05) is 66.4 Å². The van der Waals surface area contributed by atoms with E-state index in [0.29, 0.717) is 22.9 Å². The first-order valence-electron chi connectivity index (χ1n) is 11.2. The summed E-state index contributed by atoms with van der Waals surface area (Å²) >= 11 is 5.54. The third-order valence-electron chi connectivity index (χ3n) is 6.77. The molecular formula is C26H34BrO2SY-. The van der Waals surface area contributed by atoms with Crippen molar-refractivity contribution >= 4 is 33.0 Å². The van der Waals surface area contributed by atoms with Crippen LogP contribution in [0.25, 0.3) is 0 Å². The van der Waals surface area contributed by atoms with E-state index >= 15 is 0 Å². The van der Waals surface area contributed by atoms with Gasteiger partial charge in [0.25, 0.3) is 0 Å². The fourth-order valence-corrected chi connectivity index (χ4v) is 6.39. The van der Waals surface area contributed by atoms with E-state index < -0.39 is 5.41 Å². The molecule has 31 heavy (non-hydrogen) atoms. The molecule has 1 aliphatic carbocycles. The number of hydrogen-bond acceptors (Lipinski definition) is 3. The zero-order valence-electron chi connectivity index (χ0n) is 18.9. The molecule has 0 spiro atoms. The van der Waals surface area contributed by atoms with Gasteiger partial charge in [-0.25, -0.2) is 6.07 Å². The van der Waals surface area contributed by atoms with Crippen LogP contribution in [-0.2, 0) is 49.3 Å². The second kappa shape index (κ2) is 12.6. The Kier molecular flexibility index (Phi) is 11.1. The first-order valence-corrected chi connectivity index (χ1v) is 13.0. The van der Waals surface area contributed by atoms with Crippen molar-refractivity contribution in [2.45, 2.75) is 88.0 Å². The molecule has 1 N–H and O–H groups in total. The van der Waals surface area contributed by atoms with Crippen LogP contribution in [0, 0.1) is 11.3 Å². The average Bonchev–Trinajstić information content (AvgIpc) is 3.34. The Morgan fingerprint density at radius 3 is 2.55 bits per heavy atom. The van der Waals surface area contributed by atoms with Crippen LogP contribution < -0.4 is 0 Å². The van der Waals surface area contributed by atoms with Gasteiger partial charge in [-0.2, -0.15) is 6.07 Å². The number of aliphatic hydroxyl groups is 1. The van der Waals surface area contributed by atoms with Crippen LogP contribution in [0.2, 0.25) is 0 Å². The molecule has 2 nitrogen and oxygen atoms in total. The zero-order valence-corrected chi connectivity index (χ0v) is 24.2. The van der Waals surface area contributed by atoms with Crippen molar-refractivity contribution in [1.29, 1.82) is 0 Å². The number of unbranched alkanes of at least 4 members (excludes halogenated alkanes) is 1. The SMILES string of the molecule is CCCCC(=O)C(C)(C)c1ccc(C2C(CCCc3cc[c-]s3)[C@H](Br)C[C@H]2O)cc1.[Y]. The van der Waals surface area contributed by atoms with Crippen LogP contribution >= 0.6 is 27.3 Å². The number of thiophene rings is 1. The number of hydrogen-bond donors (Lipinski definition) is 1. The molecule has 1 saturated carbocycles. The van der Waals surface area contributed by atoms with Crippen molar-refractivity contribution in [1.82, 2.24) is 0 Å². The van der Waals surface area contributed by atoms with Gasteiger partial charge in [-0.3, -0.25) is 4.79 Å². The van der Waals surface area contributed by atoms with E-state index in [2.05, 4.69) is 58.6 Å². The van der Waals surface area contributed by atoms with Gasteiger partial charge in [0.05, 0.1) is 6.10 Å². The summed E-state index contributed by atoms with van der Waals surface area (Å²) in [6, 6.07) is 12.6. The van der Waals surface area contributed by atoms with E-state index in [1.165, 1.54) is 10.4 Å². The number of ketones is 1. The number of aliphatic hydroxyl groups excluding tert-OH is 1. The minimum absolute atomic E-state index is 0. The molecule has 1 aliphatic rings. The Hall–Kier alpha value is 0.134. The number of carbonyl (C=O) groups is 1. The zero-order chi connectivity index (χ0) is 21.7. The summed E-state index contributed by atoms with van der Waals surface area (Å²) in [6.07, 6.45) is 6.42. The Morgan fingerprint density at radius 2 is 1.94 bits per heavy atom. The quantitative estimate of drug-likeness (QED) is 0.248. The van der Waals surface area contributed by atoms with Gasteiger partial charge in [-0.05, 0) is 50.2 Å². The third kappa shape index (κ3) is 6.82. The van der Waals surface area contributed by atoms with Crippen molar-refractivity contribution in [3.63, 3.8) is 0 Å². The van der Waals surface area contributed by atoms with Gasteiger partial charge in [-0.15, -0.1) is 10.3 Å². The molecule has 1 fully saturated rings. The van der Waals surface area contributed by atoms with E-state index in [0.717, 1.165) is 44.1 Å². The number of rotatable bonds is 10. The molecule has 1 aromatic heterocycles. The summed E-state index contributed by atoms with van der Waals surface area (Å²) in [4.78, 5) is 14.4. The average molecular weight is 579 g/mol. The fraction of sp³-hybridized carbons (Fsp3) is 0.577. The molecule has 1 heterocycles. The molecule has 4 atom stereocenters. The molecule has 1 radical (unpaired) electrons. The first kappa shape index (κ1) is 27.4. The van der Waals surface area contributed by atoms with Crippen LogP contribution in [0.3, 0.4) is 0 Å². The summed E-state index contributed by atoms with van der Waals surface area (Å²) in [7, 11) is 0. The third-order valence-corrected chi connectivity index (χ3v) is 8.68. The van der Waals surface area contributed by atoms with Crippen molar-refractivity contribution in [3.05, 3.63) is 57.8 Å².